The zero-order valence-electron chi connectivity index (χ0n) is 5.86. The Balaban J connectivity index is 0.000001000. The highest BCUT2D eigenvalue weighted by Crippen LogP contribution is 1.95. The van der Waals surface area contributed by atoms with E-state index in [4.69, 9.17) is 5.73 Å². The molecule has 4 heteroatoms. The molecule has 0 radical (unpaired) electrons. The van der Waals surface area contributed by atoms with Gasteiger partial charge in [0.05, 0.1) is 6.42 Å². The third-order valence-corrected chi connectivity index (χ3v) is 1.13. The molecule has 0 spiro atoms. The first kappa shape index (κ1) is 9.91. The van der Waals surface area contributed by atoms with Gasteiger partial charge in [0.2, 0.25) is 5.91 Å². The van der Waals surface area contributed by atoms with Gasteiger partial charge in [-0.3, -0.25) is 9.78 Å². The average Bonchev–Trinajstić information content (AvgIpc) is 1.88. The van der Waals surface area contributed by atoms with Crippen molar-refractivity contribution in [2.45, 2.75) is 6.42 Å². The second-order valence-electron chi connectivity index (χ2n) is 2.00. The summed E-state index contributed by atoms with van der Waals surface area (Å²) in [5, 5.41) is 0. The molecule has 1 rings (SSSR count). The summed E-state index contributed by atoms with van der Waals surface area (Å²) in [4.78, 5) is 14.2. The molecule has 1 aromatic rings. The van der Waals surface area contributed by atoms with E-state index in [2.05, 4.69) is 4.98 Å². The lowest BCUT2D eigenvalue weighted by molar-refractivity contribution is -0.117. The molecule has 0 saturated carbocycles. The first-order chi connectivity index (χ1) is 4.79. The van der Waals surface area contributed by atoms with Crippen molar-refractivity contribution in [2.24, 2.45) is 5.73 Å². The molecule has 0 saturated heterocycles. The number of nitrogens with zero attached hydrogens (tertiary/aromatic N) is 1. The Hall–Kier alpha value is -1.09. The van der Waals surface area contributed by atoms with Crippen LogP contribution in [0.2, 0.25) is 0 Å². The number of nitrogens with two attached hydrogens (primary N) is 1. The van der Waals surface area contributed by atoms with E-state index >= 15 is 0 Å². The number of primary amides is 1. The van der Waals surface area contributed by atoms with Crippen LogP contribution in [0, 0.1) is 0 Å². The van der Waals surface area contributed by atoms with Crippen LogP contribution in [0.15, 0.2) is 24.5 Å². The normalized spacial score (nSPS) is 8.36. The zero-order chi connectivity index (χ0) is 7.40. The molecule has 0 unspecified atom stereocenters. The van der Waals surface area contributed by atoms with Crippen LogP contribution in [-0.2, 0) is 11.2 Å². The highest BCUT2D eigenvalue weighted by molar-refractivity contribution is 5.85. The number of hydrogen-bond acceptors (Lipinski definition) is 2. The first-order valence-electron chi connectivity index (χ1n) is 2.96. The molecule has 2 N–H and O–H groups in total. The Kier molecular flexibility index (Phi) is 4.22. The highest BCUT2D eigenvalue weighted by atomic mass is 35.5. The van der Waals surface area contributed by atoms with Crippen LogP contribution < -0.4 is 5.73 Å². The highest BCUT2D eigenvalue weighted by Gasteiger charge is 1.94. The molecule has 1 amide bonds. The third kappa shape index (κ3) is 3.57. The van der Waals surface area contributed by atoms with Crippen molar-refractivity contribution in [1.29, 1.82) is 0 Å². The number of carbonyl (C=O) groups is 1. The number of carbonyl (C=O) groups excluding carboxylic acids is 1. The molecule has 0 aromatic carbocycles. The summed E-state index contributed by atoms with van der Waals surface area (Å²) in [6, 6.07) is 3.54. The molecule has 60 valence electrons. The van der Waals surface area contributed by atoms with Crippen molar-refractivity contribution >= 4 is 18.3 Å². The third-order valence-electron chi connectivity index (χ3n) is 1.13. The van der Waals surface area contributed by atoms with Gasteiger partial charge >= 0.3 is 0 Å². The van der Waals surface area contributed by atoms with Crippen LogP contribution in [0.4, 0.5) is 0 Å². The van der Waals surface area contributed by atoms with Crippen LogP contribution in [-0.4, -0.2) is 10.9 Å². The summed E-state index contributed by atoms with van der Waals surface area (Å²) in [6.45, 7) is 0. The van der Waals surface area contributed by atoms with Crippen LogP contribution in [0.1, 0.15) is 5.56 Å². The summed E-state index contributed by atoms with van der Waals surface area (Å²) in [5.41, 5.74) is 5.87. The largest absolute Gasteiger partial charge is 0.369 e. The minimum Gasteiger partial charge on any atom is -0.369 e. The molecule has 0 aliphatic rings. The van der Waals surface area contributed by atoms with Crippen molar-refractivity contribution in [2.75, 3.05) is 0 Å². The second kappa shape index (κ2) is 4.68. The standard InChI is InChI=1S/C7H8N2O.ClH/c8-7(10)5-6-1-3-9-4-2-6;/h1-4H,5H2,(H2,8,10);1H. The van der Waals surface area contributed by atoms with Gasteiger partial charge in [0.25, 0.3) is 0 Å². The fraction of sp³-hybridized carbons (Fsp3) is 0.143. The smallest absolute Gasteiger partial charge is 0.221 e. The fourth-order valence-electron chi connectivity index (χ4n) is 0.702. The summed E-state index contributed by atoms with van der Waals surface area (Å²) in [5.74, 6) is -0.314. The van der Waals surface area contributed by atoms with Crippen molar-refractivity contribution in [3.05, 3.63) is 30.1 Å². The van der Waals surface area contributed by atoms with E-state index in [9.17, 15) is 4.79 Å². The van der Waals surface area contributed by atoms with Gasteiger partial charge in [0.1, 0.15) is 0 Å². The first-order valence-corrected chi connectivity index (χ1v) is 2.96. The average molecular weight is 173 g/mol. The van der Waals surface area contributed by atoms with Gasteiger partial charge in [-0.2, -0.15) is 0 Å². The van der Waals surface area contributed by atoms with E-state index in [1.54, 1.807) is 24.5 Å². The fourth-order valence-corrected chi connectivity index (χ4v) is 0.702. The van der Waals surface area contributed by atoms with Crippen LogP contribution in [0.3, 0.4) is 0 Å². The molecular weight excluding hydrogens is 164 g/mol. The maximum atomic E-state index is 10.4. The molecule has 0 bridgehead atoms. The van der Waals surface area contributed by atoms with E-state index in [0.29, 0.717) is 6.42 Å². The number of halogens is 1. The molecular formula is C7H9ClN2O. The summed E-state index contributed by atoms with van der Waals surface area (Å²) in [6.07, 6.45) is 3.57. The van der Waals surface area contributed by atoms with Gasteiger partial charge in [0.15, 0.2) is 0 Å². The van der Waals surface area contributed by atoms with Gasteiger partial charge in [0, 0.05) is 12.4 Å². The number of rotatable bonds is 2. The summed E-state index contributed by atoms with van der Waals surface area (Å²) in [7, 11) is 0. The SMILES string of the molecule is Cl.NC(=O)Cc1ccncc1. The lowest BCUT2D eigenvalue weighted by Crippen LogP contribution is -2.13. The quantitative estimate of drug-likeness (QED) is 0.708. The Morgan fingerprint density at radius 1 is 1.45 bits per heavy atom. The van der Waals surface area contributed by atoms with E-state index in [-0.39, 0.29) is 18.3 Å². The van der Waals surface area contributed by atoms with Gasteiger partial charge in [-0.25, -0.2) is 0 Å². The molecule has 0 atom stereocenters. The molecule has 0 fully saturated rings. The van der Waals surface area contributed by atoms with Crippen molar-refractivity contribution in [3.63, 3.8) is 0 Å². The van der Waals surface area contributed by atoms with Gasteiger partial charge in [-0.15, -0.1) is 12.4 Å². The van der Waals surface area contributed by atoms with Gasteiger partial charge < -0.3 is 5.73 Å². The van der Waals surface area contributed by atoms with E-state index in [1.165, 1.54) is 0 Å². The minimum absolute atomic E-state index is 0. The monoisotopic (exact) mass is 172 g/mol. The topological polar surface area (TPSA) is 56.0 Å². The van der Waals surface area contributed by atoms with E-state index in [1.807, 2.05) is 0 Å². The molecule has 0 aliphatic heterocycles. The predicted octanol–water partition coefficient (Wildman–Crippen LogP) is 0.531. The second-order valence-corrected chi connectivity index (χ2v) is 2.00. The summed E-state index contributed by atoms with van der Waals surface area (Å²) < 4.78 is 0. The Morgan fingerprint density at radius 3 is 2.45 bits per heavy atom. The minimum atomic E-state index is -0.314. The lowest BCUT2D eigenvalue weighted by atomic mass is 10.2. The Bertz CT molecular complexity index is 225. The van der Waals surface area contributed by atoms with Crippen LogP contribution in [0.25, 0.3) is 0 Å². The Morgan fingerprint density at radius 2 is 2.00 bits per heavy atom. The number of hydrogen-bond donors (Lipinski definition) is 1. The number of pyridine rings is 1. The lowest BCUT2D eigenvalue weighted by Gasteiger charge is -1.93. The molecule has 11 heavy (non-hydrogen) atoms. The number of amides is 1. The molecule has 1 heterocycles. The van der Waals surface area contributed by atoms with E-state index < -0.39 is 0 Å². The van der Waals surface area contributed by atoms with Crippen LogP contribution >= 0.6 is 12.4 Å². The predicted molar refractivity (Wildman–Crippen MR) is 44.4 cm³/mol. The Labute approximate surface area is 71.0 Å². The van der Waals surface area contributed by atoms with Crippen molar-refractivity contribution < 1.29 is 4.79 Å². The maximum absolute atomic E-state index is 10.4. The van der Waals surface area contributed by atoms with Gasteiger partial charge in [-0.05, 0) is 17.7 Å². The molecule has 3 nitrogen and oxygen atoms in total. The van der Waals surface area contributed by atoms with Crippen molar-refractivity contribution in [1.82, 2.24) is 4.98 Å². The summed E-state index contributed by atoms with van der Waals surface area (Å²) >= 11 is 0. The van der Waals surface area contributed by atoms with E-state index in [0.717, 1.165) is 5.56 Å². The number of aromatic nitrogens is 1. The van der Waals surface area contributed by atoms with Crippen molar-refractivity contribution in [3.8, 4) is 0 Å². The van der Waals surface area contributed by atoms with Gasteiger partial charge in [-0.1, -0.05) is 0 Å². The molecule has 1 aromatic heterocycles. The zero-order valence-corrected chi connectivity index (χ0v) is 6.67. The molecule has 0 aliphatic carbocycles. The van der Waals surface area contributed by atoms with Crippen LogP contribution in [0.5, 0.6) is 0 Å². The maximum Gasteiger partial charge on any atom is 0.221 e.